The summed E-state index contributed by atoms with van der Waals surface area (Å²) >= 11 is 0. The number of hydrogen-bond donors (Lipinski definition) is 3. The fourth-order valence-electron chi connectivity index (χ4n) is 1.98. The third kappa shape index (κ3) is 3.65. The molecule has 3 N–H and O–H groups in total. The number of imidazole rings is 1. The molecule has 7 nitrogen and oxygen atoms in total. The van der Waals surface area contributed by atoms with Crippen molar-refractivity contribution in [3.05, 3.63) is 30.0 Å². The Morgan fingerprint density at radius 2 is 1.87 bits per heavy atom. The number of carbonyl (C=O) groups is 1. The first kappa shape index (κ1) is 15.0. The van der Waals surface area contributed by atoms with E-state index < -0.39 is 12.1 Å². The van der Waals surface area contributed by atoms with Gasteiger partial charge in [-0.15, -0.1) is 13.2 Å². The number of benzene rings is 1. The van der Waals surface area contributed by atoms with Crippen LogP contribution in [0.3, 0.4) is 0 Å². The molecule has 23 heavy (non-hydrogen) atoms. The number of halogens is 3. The summed E-state index contributed by atoms with van der Waals surface area (Å²) in [6, 6.07) is 4.96. The van der Waals surface area contributed by atoms with Crippen molar-refractivity contribution >= 4 is 11.7 Å². The van der Waals surface area contributed by atoms with Crippen LogP contribution in [0.4, 0.5) is 19.0 Å². The van der Waals surface area contributed by atoms with E-state index in [1.165, 1.54) is 12.1 Å². The van der Waals surface area contributed by atoms with Crippen molar-refractivity contribution < 1.29 is 27.4 Å². The predicted molar refractivity (Wildman–Crippen MR) is 72.6 cm³/mol. The van der Waals surface area contributed by atoms with Gasteiger partial charge in [-0.25, -0.2) is 0 Å². The van der Waals surface area contributed by atoms with E-state index in [1.54, 1.807) is 0 Å². The number of hydrogen-bond acceptors (Lipinski definition) is 5. The van der Waals surface area contributed by atoms with Crippen LogP contribution in [0.1, 0.15) is 10.5 Å². The summed E-state index contributed by atoms with van der Waals surface area (Å²) in [6.45, 7) is 0.952. The fraction of sp³-hybridized carbons (Fsp3) is 0.231. The molecular weight excluding hydrogens is 317 g/mol. The lowest BCUT2D eigenvalue weighted by Gasteiger charge is -2.09. The van der Waals surface area contributed by atoms with Crippen LogP contribution in [0.15, 0.2) is 24.3 Å². The second-order valence-electron chi connectivity index (χ2n) is 4.57. The van der Waals surface area contributed by atoms with Gasteiger partial charge in [0.15, 0.2) is 11.5 Å². The smallest absolute Gasteiger partial charge is 0.425 e. The molecule has 0 bridgehead atoms. The molecule has 0 atom stereocenters. The molecule has 0 spiro atoms. The molecule has 3 rings (SSSR count). The molecule has 0 fully saturated rings. The zero-order chi connectivity index (χ0) is 16.4. The van der Waals surface area contributed by atoms with Gasteiger partial charge in [0.05, 0.1) is 0 Å². The van der Waals surface area contributed by atoms with Gasteiger partial charge in [-0.1, -0.05) is 6.07 Å². The molecule has 0 unspecified atom stereocenters. The quantitative estimate of drug-likeness (QED) is 0.804. The Hall–Kier alpha value is -2.91. The van der Waals surface area contributed by atoms with Crippen LogP contribution in [0.25, 0.3) is 0 Å². The zero-order valence-electron chi connectivity index (χ0n) is 11.5. The number of H-pyrrole nitrogens is 1. The first-order valence-corrected chi connectivity index (χ1v) is 6.56. The highest BCUT2D eigenvalue weighted by atomic mass is 19.4. The summed E-state index contributed by atoms with van der Waals surface area (Å²) in [5.74, 6) is -0.366. The van der Waals surface area contributed by atoms with Crippen LogP contribution in [-0.4, -0.2) is 35.3 Å². The largest absolute Gasteiger partial charge is 0.573 e. The van der Waals surface area contributed by atoms with Crippen molar-refractivity contribution in [2.75, 3.05) is 18.4 Å². The van der Waals surface area contributed by atoms with E-state index >= 15 is 0 Å². The number of rotatable bonds is 3. The fourth-order valence-corrected chi connectivity index (χ4v) is 1.98. The molecule has 1 aromatic heterocycles. The Bertz CT molecular complexity index is 729. The van der Waals surface area contributed by atoms with E-state index in [-0.39, 0.29) is 23.4 Å². The molecule has 1 aliphatic heterocycles. The molecule has 10 heteroatoms. The Kier molecular flexibility index (Phi) is 3.72. The van der Waals surface area contributed by atoms with Crippen LogP contribution >= 0.6 is 0 Å². The molecule has 0 saturated heterocycles. The molecular formula is C13H11F3N4O3. The van der Waals surface area contributed by atoms with Crippen molar-refractivity contribution in [1.82, 2.24) is 15.3 Å². The first-order valence-electron chi connectivity index (χ1n) is 6.56. The number of nitrogens with one attached hydrogen (secondary N) is 3. The lowest BCUT2D eigenvalue weighted by Crippen LogP contribution is -2.25. The highest BCUT2D eigenvalue weighted by Gasteiger charge is 2.31. The third-order valence-corrected chi connectivity index (χ3v) is 2.87. The number of aromatic amines is 1. The highest BCUT2D eigenvalue weighted by molar-refractivity contribution is 5.97. The summed E-state index contributed by atoms with van der Waals surface area (Å²) in [5, 5.41) is 5.56. The number of alkyl halides is 3. The minimum Gasteiger partial charge on any atom is -0.425 e. The van der Waals surface area contributed by atoms with Gasteiger partial charge >= 0.3 is 12.4 Å². The second-order valence-corrected chi connectivity index (χ2v) is 4.57. The van der Waals surface area contributed by atoms with Gasteiger partial charge in [-0.05, 0) is 12.1 Å². The minimum atomic E-state index is -4.79. The van der Waals surface area contributed by atoms with E-state index in [0.29, 0.717) is 18.9 Å². The van der Waals surface area contributed by atoms with Gasteiger partial charge in [0.1, 0.15) is 11.5 Å². The molecule has 122 valence electrons. The molecule has 2 heterocycles. The number of fused-ring (bicyclic) bond motifs is 1. The molecule has 0 aliphatic carbocycles. The Morgan fingerprint density at radius 1 is 1.13 bits per heavy atom. The van der Waals surface area contributed by atoms with Crippen molar-refractivity contribution in [2.24, 2.45) is 0 Å². The van der Waals surface area contributed by atoms with E-state index in [2.05, 4.69) is 25.3 Å². The number of ether oxygens (including phenoxy) is 2. The lowest BCUT2D eigenvalue weighted by atomic mass is 10.3. The maximum absolute atomic E-state index is 12.2. The maximum Gasteiger partial charge on any atom is 0.573 e. The summed E-state index contributed by atoms with van der Waals surface area (Å²) in [7, 11) is 0. The van der Waals surface area contributed by atoms with Gasteiger partial charge in [0.2, 0.25) is 0 Å². The summed E-state index contributed by atoms with van der Waals surface area (Å²) in [6.07, 6.45) is -4.79. The summed E-state index contributed by atoms with van der Waals surface area (Å²) in [4.78, 5) is 18.5. The van der Waals surface area contributed by atoms with Crippen LogP contribution < -0.4 is 20.1 Å². The number of carbonyl (C=O) groups excluding carboxylic acids is 1. The lowest BCUT2D eigenvalue weighted by molar-refractivity contribution is -0.274. The van der Waals surface area contributed by atoms with Crippen LogP contribution in [-0.2, 0) is 0 Å². The van der Waals surface area contributed by atoms with Crippen molar-refractivity contribution in [3.63, 3.8) is 0 Å². The molecule has 2 aromatic rings. The third-order valence-electron chi connectivity index (χ3n) is 2.87. The van der Waals surface area contributed by atoms with Crippen LogP contribution in [0.2, 0.25) is 0 Å². The van der Waals surface area contributed by atoms with Gasteiger partial charge < -0.3 is 25.1 Å². The van der Waals surface area contributed by atoms with Crippen molar-refractivity contribution in [2.45, 2.75) is 6.36 Å². The van der Waals surface area contributed by atoms with Crippen LogP contribution in [0, 0.1) is 0 Å². The van der Waals surface area contributed by atoms with Gasteiger partial charge in [-0.3, -0.25) is 4.79 Å². The molecule has 1 aromatic carbocycles. The van der Waals surface area contributed by atoms with Crippen molar-refractivity contribution in [1.29, 1.82) is 0 Å². The van der Waals surface area contributed by atoms with Gasteiger partial charge in [0.25, 0.3) is 5.91 Å². The zero-order valence-corrected chi connectivity index (χ0v) is 11.5. The minimum absolute atomic E-state index is 0.0243. The second kappa shape index (κ2) is 5.71. The number of anilines is 1. The Labute approximate surface area is 127 Å². The first-order chi connectivity index (χ1) is 10.9. The average Bonchev–Trinajstić information content (AvgIpc) is 2.77. The predicted octanol–water partition coefficient (Wildman–Crippen LogP) is 2.26. The highest BCUT2D eigenvalue weighted by Crippen LogP contribution is 2.29. The van der Waals surface area contributed by atoms with E-state index in [4.69, 9.17) is 4.74 Å². The summed E-state index contributed by atoms with van der Waals surface area (Å²) in [5.41, 5.74) is 0.195. The summed E-state index contributed by atoms with van der Waals surface area (Å²) < 4.78 is 45.8. The maximum atomic E-state index is 12.2. The molecule has 0 saturated carbocycles. The van der Waals surface area contributed by atoms with E-state index in [9.17, 15) is 18.0 Å². The molecule has 1 amide bonds. The SMILES string of the molecule is O=C1NCCNc2nc(Oc3cccc(OC(F)(F)F)c3)[nH]c21. The van der Waals surface area contributed by atoms with E-state index in [1.807, 2.05) is 0 Å². The topological polar surface area (TPSA) is 88.3 Å². The molecule has 1 aliphatic rings. The average molecular weight is 328 g/mol. The van der Waals surface area contributed by atoms with Crippen LogP contribution in [0.5, 0.6) is 17.5 Å². The number of nitrogens with zero attached hydrogens (tertiary/aromatic N) is 1. The van der Waals surface area contributed by atoms with Gasteiger partial charge in [-0.2, -0.15) is 4.98 Å². The standard InChI is InChI=1S/C13H11F3N4O3/c14-13(15,16)23-8-3-1-2-7(6-8)22-12-19-9-10(20-12)17-4-5-18-11(9)21/h1-3,6,17H,4-5H2,(H,18,21)(H,19,20). The van der Waals surface area contributed by atoms with Crippen molar-refractivity contribution in [3.8, 4) is 17.5 Å². The van der Waals surface area contributed by atoms with Gasteiger partial charge in [0, 0.05) is 19.2 Å². The molecule has 0 radical (unpaired) electrons. The Morgan fingerprint density at radius 3 is 2.65 bits per heavy atom. The Balaban J connectivity index is 1.79. The number of amides is 1. The number of aromatic nitrogens is 2. The normalized spacial score (nSPS) is 14.3. The monoisotopic (exact) mass is 328 g/mol. The van der Waals surface area contributed by atoms with E-state index in [0.717, 1.165) is 12.1 Å².